The number of aryl methyl sites for hydroxylation is 1. The summed E-state index contributed by atoms with van der Waals surface area (Å²) in [7, 11) is 0. The van der Waals surface area contributed by atoms with Crippen LogP contribution in [0, 0.1) is 0 Å². The van der Waals surface area contributed by atoms with Crippen LogP contribution >= 0.6 is 11.6 Å². The monoisotopic (exact) mass is 281 g/mol. The molecule has 2 rings (SSSR count). The van der Waals surface area contributed by atoms with E-state index in [9.17, 15) is 0 Å². The zero-order chi connectivity index (χ0) is 13.8. The van der Waals surface area contributed by atoms with Crippen molar-refractivity contribution in [1.82, 2.24) is 19.5 Å². The summed E-state index contributed by atoms with van der Waals surface area (Å²) in [6.07, 6.45) is 5.08. The van der Waals surface area contributed by atoms with E-state index < -0.39 is 0 Å². The van der Waals surface area contributed by atoms with E-state index in [1.165, 1.54) is 0 Å². The molecule has 0 saturated carbocycles. The van der Waals surface area contributed by atoms with Crippen LogP contribution in [0.2, 0.25) is 5.28 Å². The van der Waals surface area contributed by atoms with Gasteiger partial charge in [-0.2, -0.15) is 9.97 Å². The van der Waals surface area contributed by atoms with Gasteiger partial charge in [0.2, 0.25) is 5.28 Å². The van der Waals surface area contributed by atoms with E-state index in [1.54, 1.807) is 0 Å². The van der Waals surface area contributed by atoms with Crippen LogP contribution in [-0.4, -0.2) is 25.6 Å². The molecule has 0 aliphatic heterocycles. The van der Waals surface area contributed by atoms with Gasteiger partial charge in [-0.1, -0.05) is 20.3 Å². The maximum absolute atomic E-state index is 5.95. The minimum absolute atomic E-state index is 0.235. The van der Waals surface area contributed by atoms with Crippen LogP contribution in [0.5, 0.6) is 0 Å². The molecule has 5 nitrogen and oxygen atoms in total. The molecule has 0 aliphatic rings. The van der Waals surface area contributed by atoms with Crippen LogP contribution in [0.3, 0.4) is 0 Å². The van der Waals surface area contributed by atoms with Crippen molar-refractivity contribution in [3.63, 3.8) is 0 Å². The summed E-state index contributed by atoms with van der Waals surface area (Å²) in [6, 6.07) is 0.337. The SMILES string of the molecule is CCCCn1cnc2nc(Cl)nc(NC(C)CC)c21. The Bertz CT molecular complexity index is 551. The first-order valence-corrected chi connectivity index (χ1v) is 7.18. The van der Waals surface area contributed by atoms with Gasteiger partial charge in [0.25, 0.3) is 0 Å². The molecule has 1 unspecified atom stereocenters. The van der Waals surface area contributed by atoms with E-state index in [0.29, 0.717) is 11.7 Å². The fourth-order valence-corrected chi connectivity index (χ4v) is 2.05. The summed E-state index contributed by atoms with van der Waals surface area (Å²) in [5.41, 5.74) is 1.60. The second-order valence-electron chi connectivity index (χ2n) is 4.76. The minimum Gasteiger partial charge on any atom is -0.366 e. The molecular formula is C13H20ClN5. The number of nitrogens with zero attached hydrogens (tertiary/aromatic N) is 4. The summed E-state index contributed by atoms with van der Waals surface area (Å²) in [5.74, 6) is 0.776. The summed E-state index contributed by atoms with van der Waals surface area (Å²) >= 11 is 5.95. The summed E-state index contributed by atoms with van der Waals surface area (Å²) in [6.45, 7) is 7.35. The molecule has 1 atom stereocenters. The van der Waals surface area contributed by atoms with Gasteiger partial charge in [0.05, 0.1) is 6.33 Å². The van der Waals surface area contributed by atoms with Gasteiger partial charge in [0, 0.05) is 12.6 Å². The number of halogens is 1. The molecule has 0 bridgehead atoms. The number of rotatable bonds is 6. The molecule has 2 aromatic rings. The highest BCUT2D eigenvalue weighted by Crippen LogP contribution is 2.23. The quantitative estimate of drug-likeness (QED) is 0.824. The van der Waals surface area contributed by atoms with Crippen LogP contribution in [0.1, 0.15) is 40.0 Å². The van der Waals surface area contributed by atoms with Crippen molar-refractivity contribution in [2.45, 2.75) is 52.6 Å². The summed E-state index contributed by atoms with van der Waals surface area (Å²) in [5, 5.41) is 3.62. The molecular weight excluding hydrogens is 262 g/mol. The van der Waals surface area contributed by atoms with E-state index in [2.05, 4.69) is 45.6 Å². The Balaban J connectivity index is 2.43. The molecule has 0 amide bonds. The zero-order valence-corrected chi connectivity index (χ0v) is 12.4. The van der Waals surface area contributed by atoms with Gasteiger partial charge in [-0.3, -0.25) is 0 Å². The Morgan fingerprint density at radius 1 is 1.37 bits per heavy atom. The van der Waals surface area contributed by atoms with Crippen molar-refractivity contribution in [2.75, 3.05) is 5.32 Å². The van der Waals surface area contributed by atoms with E-state index in [1.807, 2.05) is 6.33 Å². The third-order valence-corrected chi connectivity index (χ3v) is 3.36. The van der Waals surface area contributed by atoms with Crippen LogP contribution < -0.4 is 5.32 Å². The first kappa shape index (κ1) is 14.1. The van der Waals surface area contributed by atoms with Gasteiger partial charge in [-0.25, -0.2) is 4.98 Å². The number of hydrogen-bond donors (Lipinski definition) is 1. The van der Waals surface area contributed by atoms with Gasteiger partial charge in [0.15, 0.2) is 11.5 Å². The molecule has 0 fully saturated rings. The second kappa shape index (κ2) is 6.19. The van der Waals surface area contributed by atoms with Crippen LogP contribution in [0.25, 0.3) is 11.2 Å². The summed E-state index contributed by atoms with van der Waals surface area (Å²) in [4.78, 5) is 12.8. The lowest BCUT2D eigenvalue weighted by Crippen LogP contribution is -2.16. The standard InChI is InChI=1S/C13H20ClN5/c1-4-6-7-19-8-15-11-10(19)12(16-9(3)5-2)18-13(14)17-11/h8-9H,4-7H2,1-3H3,(H,16,17,18). The Labute approximate surface area is 118 Å². The zero-order valence-electron chi connectivity index (χ0n) is 11.6. The van der Waals surface area contributed by atoms with Crippen molar-refractivity contribution in [1.29, 1.82) is 0 Å². The van der Waals surface area contributed by atoms with Gasteiger partial charge in [-0.05, 0) is 31.4 Å². The molecule has 0 radical (unpaired) electrons. The third kappa shape index (κ3) is 3.15. The van der Waals surface area contributed by atoms with Crippen molar-refractivity contribution in [3.8, 4) is 0 Å². The van der Waals surface area contributed by atoms with Gasteiger partial charge in [-0.15, -0.1) is 0 Å². The largest absolute Gasteiger partial charge is 0.366 e. The highest BCUT2D eigenvalue weighted by atomic mass is 35.5. The van der Waals surface area contributed by atoms with Crippen molar-refractivity contribution < 1.29 is 0 Å². The lowest BCUT2D eigenvalue weighted by atomic mass is 10.2. The second-order valence-corrected chi connectivity index (χ2v) is 5.10. The molecule has 0 saturated heterocycles. The number of anilines is 1. The third-order valence-electron chi connectivity index (χ3n) is 3.19. The van der Waals surface area contributed by atoms with Crippen LogP contribution in [0.15, 0.2) is 6.33 Å². The first-order valence-electron chi connectivity index (χ1n) is 6.80. The molecule has 2 aromatic heterocycles. The number of imidazole rings is 1. The lowest BCUT2D eigenvalue weighted by Gasteiger charge is -2.14. The number of fused-ring (bicyclic) bond motifs is 1. The van der Waals surface area contributed by atoms with Crippen LogP contribution in [-0.2, 0) is 6.54 Å². The number of hydrogen-bond acceptors (Lipinski definition) is 4. The fraction of sp³-hybridized carbons (Fsp3) is 0.615. The average Bonchev–Trinajstić information content (AvgIpc) is 2.79. The highest BCUT2D eigenvalue weighted by Gasteiger charge is 2.14. The number of aromatic nitrogens is 4. The Kier molecular flexibility index (Phi) is 4.58. The highest BCUT2D eigenvalue weighted by molar-refractivity contribution is 6.28. The average molecular weight is 282 g/mol. The summed E-state index contributed by atoms with van der Waals surface area (Å²) < 4.78 is 2.10. The number of unbranched alkanes of at least 4 members (excludes halogenated alkanes) is 1. The van der Waals surface area contributed by atoms with E-state index in [4.69, 9.17) is 11.6 Å². The normalized spacial score (nSPS) is 12.8. The molecule has 0 spiro atoms. The molecule has 19 heavy (non-hydrogen) atoms. The number of nitrogens with one attached hydrogen (secondary N) is 1. The van der Waals surface area contributed by atoms with E-state index in [0.717, 1.165) is 37.1 Å². The molecule has 104 valence electrons. The van der Waals surface area contributed by atoms with E-state index in [-0.39, 0.29) is 5.28 Å². The maximum Gasteiger partial charge on any atom is 0.226 e. The van der Waals surface area contributed by atoms with Crippen molar-refractivity contribution >= 4 is 28.6 Å². The van der Waals surface area contributed by atoms with E-state index >= 15 is 0 Å². The molecule has 0 aliphatic carbocycles. The predicted octanol–water partition coefficient (Wildman–Crippen LogP) is 3.49. The van der Waals surface area contributed by atoms with Gasteiger partial charge < -0.3 is 9.88 Å². The Morgan fingerprint density at radius 2 is 2.16 bits per heavy atom. The van der Waals surface area contributed by atoms with Gasteiger partial charge in [0.1, 0.15) is 5.52 Å². The molecule has 0 aromatic carbocycles. The van der Waals surface area contributed by atoms with Gasteiger partial charge >= 0.3 is 0 Å². The maximum atomic E-state index is 5.95. The Morgan fingerprint density at radius 3 is 2.84 bits per heavy atom. The first-order chi connectivity index (χ1) is 9.15. The smallest absolute Gasteiger partial charge is 0.226 e. The minimum atomic E-state index is 0.235. The fourth-order valence-electron chi connectivity index (χ4n) is 1.89. The van der Waals surface area contributed by atoms with Crippen LogP contribution in [0.4, 0.5) is 5.82 Å². The van der Waals surface area contributed by atoms with Crippen molar-refractivity contribution in [3.05, 3.63) is 11.6 Å². The molecule has 1 N–H and O–H groups in total. The predicted molar refractivity (Wildman–Crippen MR) is 78.6 cm³/mol. The molecule has 6 heteroatoms. The topological polar surface area (TPSA) is 55.6 Å². The Hall–Kier alpha value is -1.36. The lowest BCUT2D eigenvalue weighted by molar-refractivity contribution is 0.645. The molecule has 2 heterocycles. The van der Waals surface area contributed by atoms with Crippen molar-refractivity contribution in [2.24, 2.45) is 0 Å².